The van der Waals surface area contributed by atoms with Crippen LogP contribution in [0.2, 0.25) is 0 Å². The Hall–Kier alpha value is -2.82. The van der Waals surface area contributed by atoms with E-state index in [1.54, 1.807) is 0 Å². The number of carbonyl (C=O) groups excluding carboxylic acids is 2. The molecule has 0 N–H and O–H groups in total. The number of cyclic esters (lactones) is 1. The molecular formula is C22H23NO4. The molecule has 0 unspecified atom stereocenters. The summed E-state index contributed by atoms with van der Waals surface area (Å²) in [6, 6.07) is 15.9. The van der Waals surface area contributed by atoms with E-state index in [1.165, 1.54) is 27.2 Å². The van der Waals surface area contributed by atoms with Gasteiger partial charge < -0.3 is 9.47 Å². The standard InChI is InChI=1S/C22H23NO4/c1-2-3-12-20-21(24)27-14-23(20)22(25)26-13-19-17-10-6-4-8-15(17)16-9-5-7-11-18(16)19/h4-11,19-20H,2-3,12-14H2,1H3/t20-/m0/s1. The van der Waals surface area contributed by atoms with Gasteiger partial charge in [-0.2, -0.15) is 0 Å². The van der Waals surface area contributed by atoms with Crippen LogP contribution in [0, 0.1) is 0 Å². The van der Waals surface area contributed by atoms with E-state index in [-0.39, 0.29) is 25.2 Å². The Kier molecular flexibility index (Phi) is 4.84. The Morgan fingerprint density at radius 3 is 2.37 bits per heavy atom. The molecule has 0 radical (unpaired) electrons. The van der Waals surface area contributed by atoms with E-state index in [0.717, 1.165) is 12.8 Å². The lowest BCUT2D eigenvalue weighted by Gasteiger charge is -2.21. The first kappa shape index (κ1) is 17.6. The summed E-state index contributed by atoms with van der Waals surface area (Å²) in [5, 5.41) is 0. The van der Waals surface area contributed by atoms with Gasteiger partial charge in [-0.05, 0) is 28.7 Å². The van der Waals surface area contributed by atoms with Gasteiger partial charge >= 0.3 is 12.1 Å². The zero-order chi connectivity index (χ0) is 18.8. The van der Waals surface area contributed by atoms with E-state index in [4.69, 9.17) is 9.47 Å². The van der Waals surface area contributed by atoms with Crippen molar-refractivity contribution in [2.45, 2.75) is 38.1 Å². The number of amides is 1. The number of fused-ring (bicyclic) bond motifs is 3. The number of carbonyl (C=O) groups is 2. The van der Waals surface area contributed by atoms with Gasteiger partial charge in [-0.1, -0.05) is 68.3 Å². The Labute approximate surface area is 158 Å². The molecule has 1 fully saturated rings. The topological polar surface area (TPSA) is 55.8 Å². The SMILES string of the molecule is CCCC[C@H]1C(=O)OCN1C(=O)OCC1c2ccccc2-c2ccccc21. The van der Waals surface area contributed by atoms with Crippen LogP contribution in [0.4, 0.5) is 4.79 Å². The number of esters is 1. The molecule has 1 aliphatic heterocycles. The molecule has 0 spiro atoms. The molecule has 1 saturated heterocycles. The van der Waals surface area contributed by atoms with Gasteiger partial charge in [-0.25, -0.2) is 9.59 Å². The smallest absolute Gasteiger partial charge is 0.413 e. The molecule has 1 amide bonds. The first-order valence-corrected chi connectivity index (χ1v) is 9.49. The fourth-order valence-corrected chi connectivity index (χ4v) is 3.97. The lowest BCUT2D eigenvalue weighted by molar-refractivity contribution is -0.139. The van der Waals surface area contributed by atoms with Crippen molar-refractivity contribution in [3.8, 4) is 11.1 Å². The van der Waals surface area contributed by atoms with E-state index in [1.807, 2.05) is 24.3 Å². The third kappa shape index (κ3) is 3.18. The van der Waals surface area contributed by atoms with Crippen molar-refractivity contribution in [1.82, 2.24) is 4.90 Å². The number of nitrogens with zero attached hydrogens (tertiary/aromatic N) is 1. The first-order valence-electron chi connectivity index (χ1n) is 9.49. The van der Waals surface area contributed by atoms with Crippen molar-refractivity contribution in [3.63, 3.8) is 0 Å². The minimum absolute atomic E-state index is 0.00895. The molecule has 4 rings (SSSR count). The highest BCUT2D eigenvalue weighted by molar-refractivity contribution is 5.84. The summed E-state index contributed by atoms with van der Waals surface area (Å²) >= 11 is 0. The molecular weight excluding hydrogens is 342 g/mol. The molecule has 0 aromatic heterocycles. The lowest BCUT2D eigenvalue weighted by Crippen LogP contribution is -2.39. The number of ether oxygens (including phenoxy) is 2. The summed E-state index contributed by atoms with van der Waals surface area (Å²) in [5.74, 6) is -0.327. The van der Waals surface area contributed by atoms with Crippen LogP contribution in [0.15, 0.2) is 48.5 Å². The van der Waals surface area contributed by atoms with E-state index >= 15 is 0 Å². The van der Waals surface area contributed by atoms with Gasteiger partial charge in [0.05, 0.1) is 0 Å². The highest BCUT2D eigenvalue weighted by Crippen LogP contribution is 2.44. The number of benzene rings is 2. The van der Waals surface area contributed by atoms with Crippen molar-refractivity contribution in [1.29, 1.82) is 0 Å². The summed E-state index contributed by atoms with van der Waals surface area (Å²) in [6.07, 6.45) is 1.96. The fraction of sp³-hybridized carbons (Fsp3) is 0.364. The second-order valence-electron chi connectivity index (χ2n) is 7.02. The average Bonchev–Trinajstić information content (AvgIpc) is 3.22. The van der Waals surface area contributed by atoms with E-state index < -0.39 is 12.1 Å². The zero-order valence-electron chi connectivity index (χ0n) is 15.4. The van der Waals surface area contributed by atoms with Crippen LogP contribution >= 0.6 is 0 Å². The predicted octanol–water partition coefficient (Wildman–Crippen LogP) is 4.31. The molecule has 27 heavy (non-hydrogen) atoms. The van der Waals surface area contributed by atoms with E-state index in [2.05, 4.69) is 31.2 Å². The third-order valence-corrected chi connectivity index (χ3v) is 5.40. The van der Waals surface area contributed by atoms with Crippen molar-refractivity contribution in [2.24, 2.45) is 0 Å². The normalized spacial score (nSPS) is 18.2. The second kappa shape index (κ2) is 7.43. The van der Waals surface area contributed by atoms with Crippen LogP contribution in [0.1, 0.15) is 43.2 Å². The van der Waals surface area contributed by atoms with Crippen molar-refractivity contribution < 1.29 is 19.1 Å². The van der Waals surface area contributed by atoms with Gasteiger partial charge in [0.2, 0.25) is 0 Å². The first-order chi connectivity index (χ1) is 13.2. The molecule has 2 aromatic carbocycles. The predicted molar refractivity (Wildman–Crippen MR) is 101 cm³/mol. The van der Waals surface area contributed by atoms with Crippen LogP contribution in [0.5, 0.6) is 0 Å². The summed E-state index contributed by atoms with van der Waals surface area (Å²) < 4.78 is 10.7. The summed E-state index contributed by atoms with van der Waals surface area (Å²) in [5.41, 5.74) is 4.72. The molecule has 2 aliphatic rings. The monoisotopic (exact) mass is 365 g/mol. The van der Waals surface area contributed by atoms with Gasteiger partial charge in [0.1, 0.15) is 12.6 Å². The Balaban J connectivity index is 1.49. The number of hydrogen-bond acceptors (Lipinski definition) is 4. The molecule has 1 atom stereocenters. The van der Waals surface area contributed by atoms with E-state index in [9.17, 15) is 9.59 Å². The second-order valence-corrected chi connectivity index (χ2v) is 7.02. The number of hydrogen-bond donors (Lipinski definition) is 0. The van der Waals surface area contributed by atoms with Crippen LogP contribution in [-0.2, 0) is 14.3 Å². The maximum absolute atomic E-state index is 12.6. The Bertz CT molecular complexity index is 817. The van der Waals surface area contributed by atoms with E-state index in [0.29, 0.717) is 6.42 Å². The summed E-state index contributed by atoms with van der Waals surface area (Å²) in [6.45, 7) is 2.28. The van der Waals surface area contributed by atoms with Crippen LogP contribution in [-0.4, -0.2) is 36.3 Å². The fourth-order valence-electron chi connectivity index (χ4n) is 3.97. The molecule has 0 saturated carbocycles. The molecule has 1 heterocycles. The molecule has 2 aromatic rings. The van der Waals surface area contributed by atoms with Crippen LogP contribution in [0.25, 0.3) is 11.1 Å². The molecule has 1 aliphatic carbocycles. The molecule has 5 heteroatoms. The van der Waals surface area contributed by atoms with Crippen molar-refractivity contribution in [3.05, 3.63) is 59.7 Å². The van der Waals surface area contributed by atoms with Gasteiger partial charge in [0, 0.05) is 5.92 Å². The van der Waals surface area contributed by atoms with Gasteiger partial charge in [0.25, 0.3) is 0 Å². The minimum atomic E-state index is -0.527. The summed E-state index contributed by atoms with van der Waals surface area (Å²) in [7, 11) is 0. The van der Waals surface area contributed by atoms with Gasteiger partial charge in [0.15, 0.2) is 6.73 Å². The molecule has 5 nitrogen and oxygen atoms in total. The molecule has 140 valence electrons. The minimum Gasteiger partial charge on any atom is -0.448 e. The zero-order valence-corrected chi connectivity index (χ0v) is 15.4. The third-order valence-electron chi connectivity index (χ3n) is 5.40. The van der Waals surface area contributed by atoms with Gasteiger partial charge in [-0.15, -0.1) is 0 Å². The Morgan fingerprint density at radius 1 is 1.11 bits per heavy atom. The maximum atomic E-state index is 12.6. The van der Waals surface area contributed by atoms with Crippen molar-refractivity contribution in [2.75, 3.05) is 13.3 Å². The highest BCUT2D eigenvalue weighted by Gasteiger charge is 2.39. The maximum Gasteiger partial charge on any atom is 0.413 e. The number of unbranched alkanes of at least 4 members (excludes halogenated alkanes) is 1. The summed E-state index contributed by atoms with van der Waals surface area (Å²) in [4.78, 5) is 25.9. The number of rotatable bonds is 5. The lowest BCUT2D eigenvalue weighted by atomic mass is 9.98. The Morgan fingerprint density at radius 2 is 1.74 bits per heavy atom. The quantitative estimate of drug-likeness (QED) is 0.741. The van der Waals surface area contributed by atoms with Crippen LogP contribution in [0.3, 0.4) is 0 Å². The molecule has 0 bridgehead atoms. The van der Waals surface area contributed by atoms with Crippen molar-refractivity contribution >= 4 is 12.1 Å². The van der Waals surface area contributed by atoms with Gasteiger partial charge in [-0.3, -0.25) is 4.90 Å². The van der Waals surface area contributed by atoms with Crippen LogP contribution < -0.4 is 0 Å². The largest absolute Gasteiger partial charge is 0.448 e. The highest BCUT2D eigenvalue weighted by atomic mass is 16.6. The average molecular weight is 365 g/mol.